The Balaban J connectivity index is 0.00000554. The summed E-state index contributed by atoms with van der Waals surface area (Å²) in [5.74, 6) is -1.26. The lowest BCUT2D eigenvalue weighted by Crippen LogP contribution is -2.55. The van der Waals surface area contributed by atoms with Crippen LogP contribution in [0.4, 0.5) is 5.69 Å². The standard InChI is InChI=1S/C37H65N7O6.C3H8.C2H6/c1-11-24(4)34(43(8)32(46)22-41-37(48)33(40-7)23(2)3)30(49-9)20-31(45)44-18-12-13-29(44)35(50-10)25(5)36(47)42-28(21-38)19-26-14-16-27(39-6)17-15-26;1-3-2;1-2/h14-17,23-25,28-30,33-35,39-40H,11-13,18-22,38H2,1-10H3,(H,41,48)(H,42,47);3H2,1-2H3;1-2H3. The number of likely N-dealkylation sites (N-methyl/N-ethyl adjacent to an activating group) is 2. The molecule has 0 saturated carbocycles. The maximum absolute atomic E-state index is 14.0. The van der Waals surface area contributed by atoms with Crippen molar-refractivity contribution in [2.24, 2.45) is 23.5 Å². The molecule has 318 valence electrons. The fraction of sp³-hybridized carbons (Fsp3) is 0.762. The number of nitrogens with zero attached hydrogens (tertiary/aromatic N) is 2. The van der Waals surface area contributed by atoms with Crippen LogP contribution in [0.2, 0.25) is 0 Å². The summed E-state index contributed by atoms with van der Waals surface area (Å²) in [4.78, 5) is 57.0. The van der Waals surface area contributed by atoms with Crippen LogP contribution < -0.4 is 27.0 Å². The van der Waals surface area contributed by atoms with E-state index >= 15 is 0 Å². The number of likely N-dealkylation sites (tertiary alicyclic amines) is 1. The molecular formula is C42H79N7O6. The molecule has 0 radical (unpaired) electrons. The Morgan fingerprint density at radius 3 is 2.04 bits per heavy atom. The average Bonchev–Trinajstić information content (AvgIpc) is 3.67. The minimum atomic E-state index is -0.585. The zero-order valence-electron chi connectivity index (χ0n) is 36.8. The van der Waals surface area contributed by atoms with E-state index in [4.69, 9.17) is 15.2 Å². The molecule has 13 heteroatoms. The third-order valence-corrected chi connectivity index (χ3v) is 10.3. The van der Waals surface area contributed by atoms with Crippen molar-refractivity contribution in [2.75, 3.05) is 60.3 Å². The van der Waals surface area contributed by atoms with Gasteiger partial charge in [-0.3, -0.25) is 19.2 Å². The van der Waals surface area contributed by atoms with Crippen LogP contribution in [0.1, 0.15) is 100.0 Å². The first-order chi connectivity index (χ1) is 26.2. The van der Waals surface area contributed by atoms with Crippen molar-refractivity contribution in [3.05, 3.63) is 29.8 Å². The van der Waals surface area contributed by atoms with E-state index in [0.717, 1.165) is 24.1 Å². The number of carbonyl (C=O) groups is 4. The summed E-state index contributed by atoms with van der Waals surface area (Å²) in [6.45, 7) is 18.7. The first-order valence-corrected chi connectivity index (χ1v) is 20.5. The monoisotopic (exact) mass is 778 g/mol. The predicted molar refractivity (Wildman–Crippen MR) is 225 cm³/mol. The van der Waals surface area contributed by atoms with E-state index in [-0.39, 0.29) is 67.1 Å². The van der Waals surface area contributed by atoms with E-state index in [1.165, 1.54) is 6.42 Å². The largest absolute Gasteiger partial charge is 0.388 e. The Bertz CT molecular complexity index is 1230. The van der Waals surface area contributed by atoms with Crippen molar-refractivity contribution >= 4 is 29.3 Å². The molecule has 55 heavy (non-hydrogen) atoms. The molecule has 8 unspecified atom stereocenters. The quantitative estimate of drug-likeness (QED) is 0.121. The van der Waals surface area contributed by atoms with Gasteiger partial charge in [0.1, 0.15) is 0 Å². The summed E-state index contributed by atoms with van der Waals surface area (Å²) in [7, 11) is 8.42. The molecule has 8 atom stereocenters. The second-order valence-corrected chi connectivity index (χ2v) is 14.7. The highest BCUT2D eigenvalue weighted by Gasteiger charge is 2.42. The summed E-state index contributed by atoms with van der Waals surface area (Å²) in [5.41, 5.74) is 8.14. The SMILES string of the molecule is CC.CCC.CCC(C)C(C(CC(=O)N1CCCC1C(OC)C(C)C(=O)NC(CN)Cc1ccc(NC)cc1)OC)N(C)C(=O)CNC(=O)C(NC)C(C)C. The molecule has 4 amide bonds. The Kier molecular flexibility index (Phi) is 26.5. The van der Waals surface area contributed by atoms with Gasteiger partial charge in [0.15, 0.2) is 0 Å². The first kappa shape index (κ1) is 51.7. The van der Waals surface area contributed by atoms with Gasteiger partial charge in [0.05, 0.1) is 49.2 Å². The summed E-state index contributed by atoms with van der Waals surface area (Å²) in [6, 6.07) is 6.64. The van der Waals surface area contributed by atoms with Crippen LogP contribution in [0.5, 0.6) is 0 Å². The van der Waals surface area contributed by atoms with Crippen LogP contribution in [-0.2, 0) is 35.1 Å². The van der Waals surface area contributed by atoms with Crippen LogP contribution in [0.3, 0.4) is 0 Å². The van der Waals surface area contributed by atoms with E-state index in [9.17, 15) is 19.2 Å². The maximum atomic E-state index is 14.0. The van der Waals surface area contributed by atoms with Gasteiger partial charge in [-0.25, -0.2) is 0 Å². The normalized spacial score (nSPS) is 17.5. The molecule has 0 bridgehead atoms. The van der Waals surface area contributed by atoms with Crippen molar-refractivity contribution in [1.82, 2.24) is 25.8 Å². The number of rotatable bonds is 21. The second-order valence-electron chi connectivity index (χ2n) is 14.7. The number of hydrogen-bond donors (Lipinski definition) is 5. The molecule has 1 saturated heterocycles. The Morgan fingerprint density at radius 1 is 0.964 bits per heavy atom. The molecule has 0 spiro atoms. The molecule has 1 fully saturated rings. The molecule has 1 aromatic carbocycles. The van der Waals surface area contributed by atoms with Crippen LogP contribution in [-0.4, -0.2) is 125 Å². The van der Waals surface area contributed by atoms with Crippen LogP contribution in [0.15, 0.2) is 24.3 Å². The van der Waals surface area contributed by atoms with Crippen LogP contribution >= 0.6 is 0 Å². The van der Waals surface area contributed by atoms with E-state index < -0.39 is 30.2 Å². The number of nitrogens with two attached hydrogens (primary N) is 1. The number of methoxy groups -OCH3 is 2. The van der Waals surface area contributed by atoms with E-state index in [0.29, 0.717) is 19.4 Å². The first-order valence-electron chi connectivity index (χ1n) is 20.5. The maximum Gasteiger partial charge on any atom is 0.242 e. The van der Waals surface area contributed by atoms with Crippen molar-refractivity contribution < 1.29 is 28.7 Å². The molecule has 1 heterocycles. The Labute approximate surface area is 334 Å². The molecule has 13 nitrogen and oxygen atoms in total. The van der Waals surface area contributed by atoms with Gasteiger partial charge in [-0.15, -0.1) is 0 Å². The summed E-state index contributed by atoms with van der Waals surface area (Å²) < 4.78 is 11.9. The lowest BCUT2D eigenvalue weighted by molar-refractivity contribution is -0.146. The molecule has 1 aliphatic heterocycles. The van der Waals surface area contributed by atoms with E-state index in [1.54, 1.807) is 33.2 Å². The number of nitrogens with one attached hydrogen (secondary N) is 4. The minimum Gasteiger partial charge on any atom is -0.388 e. The number of carbonyl (C=O) groups excluding carboxylic acids is 4. The smallest absolute Gasteiger partial charge is 0.242 e. The van der Waals surface area contributed by atoms with Gasteiger partial charge in [0, 0.05) is 53.1 Å². The molecule has 1 aromatic rings. The third-order valence-electron chi connectivity index (χ3n) is 10.3. The van der Waals surface area contributed by atoms with Gasteiger partial charge in [-0.1, -0.05) is 87.3 Å². The second kappa shape index (κ2) is 28.2. The number of benzene rings is 1. The summed E-state index contributed by atoms with van der Waals surface area (Å²) in [6.07, 6.45) is 3.03. The van der Waals surface area contributed by atoms with Crippen molar-refractivity contribution in [1.29, 1.82) is 0 Å². The topological polar surface area (TPSA) is 167 Å². The van der Waals surface area contributed by atoms with E-state index in [1.807, 2.05) is 84.7 Å². The van der Waals surface area contributed by atoms with Crippen molar-refractivity contribution in [3.8, 4) is 0 Å². The van der Waals surface area contributed by atoms with Gasteiger partial charge < -0.3 is 46.3 Å². The van der Waals surface area contributed by atoms with Crippen molar-refractivity contribution in [3.63, 3.8) is 0 Å². The molecule has 0 aliphatic carbocycles. The number of anilines is 1. The van der Waals surface area contributed by atoms with Gasteiger partial charge >= 0.3 is 0 Å². The average molecular weight is 778 g/mol. The fourth-order valence-electron chi connectivity index (χ4n) is 7.11. The van der Waals surface area contributed by atoms with Gasteiger partial charge in [-0.2, -0.15) is 0 Å². The number of ether oxygens (including phenoxy) is 2. The zero-order chi connectivity index (χ0) is 42.2. The molecular weight excluding hydrogens is 699 g/mol. The molecule has 0 aromatic heterocycles. The third kappa shape index (κ3) is 16.4. The number of hydrogen-bond acceptors (Lipinski definition) is 9. The fourth-order valence-corrected chi connectivity index (χ4v) is 7.11. The summed E-state index contributed by atoms with van der Waals surface area (Å²) in [5, 5.41) is 12.0. The van der Waals surface area contributed by atoms with Gasteiger partial charge in [-0.05, 0) is 55.8 Å². The Hall–Kier alpha value is -3.26. The zero-order valence-corrected chi connectivity index (χ0v) is 36.8. The lowest BCUT2D eigenvalue weighted by Gasteiger charge is -2.39. The Morgan fingerprint density at radius 2 is 1.56 bits per heavy atom. The molecule has 2 rings (SSSR count). The number of amides is 4. The summed E-state index contributed by atoms with van der Waals surface area (Å²) >= 11 is 0. The van der Waals surface area contributed by atoms with Gasteiger partial charge in [0.25, 0.3) is 0 Å². The highest BCUT2D eigenvalue weighted by Crippen LogP contribution is 2.29. The highest BCUT2D eigenvalue weighted by atomic mass is 16.5. The lowest BCUT2D eigenvalue weighted by atomic mass is 9.90. The molecule has 1 aliphatic rings. The minimum absolute atomic E-state index is 0.0136. The molecule has 6 N–H and O–H groups in total. The van der Waals surface area contributed by atoms with Crippen molar-refractivity contribution in [2.45, 2.75) is 137 Å². The predicted octanol–water partition coefficient (Wildman–Crippen LogP) is 4.44. The van der Waals surface area contributed by atoms with E-state index in [2.05, 4.69) is 35.1 Å². The highest BCUT2D eigenvalue weighted by molar-refractivity contribution is 5.87. The van der Waals surface area contributed by atoms with Crippen LogP contribution in [0.25, 0.3) is 0 Å². The van der Waals surface area contributed by atoms with Crippen LogP contribution in [0, 0.1) is 17.8 Å². The van der Waals surface area contributed by atoms with Gasteiger partial charge in [0.2, 0.25) is 23.6 Å².